The summed E-state index contributed by atoms with van der Waals surface area (Å²) in [7, 11) is -0.920. The molecule has 2 aromatic rings. The molecule has 172 valence electrons. The maximum Gasteiger partial charge on any atom is 0.246 e. The summed E-state index contributed by atoms with van der Waals surface area (Å²) in [4.78, 5) is 16.9. The predicted octanol–water partition coefficient (Wildman–Crippen LogP) is 3.00. The minimum Gasteiger partial charge on any atom is -0.495 e. The number of amides is 1. The average Bonchev–Trinajstić information content (AvgIpc) is 3.04. The SMILES string of the molecule is CNS(=O)(=O)c1cc(/C=C/C(=O)N2CCCN(Cc3ccc(Cl)cc3)CC2)ccc1OC. The number of sulfonamides is 1. The molecule has 3 rings (SSSR count). The molecule has 9 heteroatoms. The third-order valence-corrected chi connectivity index (χ3v) is 7.07. The predicted molar refractivity (Wildman–Crippen MR) is 126 cm³/mol. The molecule has 0 aromatic heterocycles. The number of ether oxygens (including phenoxy) is 1. The van der Waals surface area contributed by atoms with Gasteiger partial charge in [0.25, 0.3) is 0 Å². The van der Waals surface area contributed by atoms with E-state index in [1.54, 1.807) is 18.2 Å². The number of hydrogen-bond acceptors (Lipinski definition) is 5. The molecule has 1 fully saturated rings. The van der Waals surface area contributed by atoms with Gasteiger partial charge < -0.3 is 9.64 Å². The van der Waals surface area contributed by atoms with Gasteiger partial charge in [-0.15, -0.1) is 0 Å². The quantitative estimate of drug-likeness (QED) is 0.620. The van der Waals surface area contributed by atoms with E-state index in [2.05, 4.69) is 9.62 Å². The van der Waals surface area contributed by atoms with Crippen molar-refractivity contribution in [1.82, 2.24) is 14.5 Å². The summed E-state index contributed by atoms with van der Waals surface area (Å²) in [6, 6.07) is 12.6. The Morgan fingerprint density at radius 2 is 1.88 bits per heavy atom. The lowest BCUT2D eigenvalue weighted by Crippen LogP contribution is -2.34. The molecule has 0 bridgehead atoms. The van der Waals surface area contributed by atoms with Crippen LogP contribution in [0.1, 0.15) is 17.5 Å². The van der Waals surface area contributed by atoms with Crippen LogP contribution >= 0.6 is 11.6 Å². The number of carbonyl (C=O) groups is 1. The minimum absolute atomic E-state index is 0.0321. The molecule has 1 aliphatic rings. The van der Waals surface area contributed by atoms with Crippen LogP contribution in [0.3, 0.4) is 0 Å². The van der Waals surface area contributed by atoms with Gasteiger partial charge in [-0.3, -0.25) is 9.69 Å². The molecule has 0 atom stereocenters. The number of nitrogens with one attached hydrogen (secondary N) is 1. The number of nitrogens with zero attached hydrogens (tertiary/aromatic N) is 2. The zero-order valence-electron chi connectivity index (χ0n) is 18.3. The van der Waals surface area contributed by atoms with Crippen LogP contribution in [0, 0.1) is 0 Å². The van der Waals surface area contributed by atoms with Crippen LogP contribution in [0.25, 0.3) is 6.08 Å². The van der Waals surface area contributed by atoms with Gasteiger partial charge in [-0.1, -0.05) is 29.8 Å². The summed E-state index contributed by atoms with van der Waals surface area (Å²) in [5, 5.41) is 0.723. The Hall–Kier alpha value is -2.39. The maximum absolute atomic E-state index is 12.7. The van der Waals surface area contributed by atoms with E-state index in [-0.39, 0.29) is 16.6 Å². The second-order valence-corrected chi connectivity index (χ2v) is 9.82. The van der Waals surface area contributed by atoms with Crippen molar-refractivity contribution >= 4 is 33.6 Å². The molecule has 0 radical (unpaired) electrons. The van der Waals surface area contributed by atoms with Crippen LogP contribution < -0.4 is 9.46 Å². The highest BCUT2D eigenvalue weighted by molar-refractivity contribution is 7.89. The molecule has 1 amide bonds. The number of carbonyl (C=O) groups excluding carboxylic acids is 1. The fourth-order valence-corrected chi connectivity index (χ4v) is 4.64. The van der Waals surface area contributed by atoms with Crippen molar-refractivity contribution in [1.29, 1.82) is 0 Å². The van der Waals surface area contributed by atoms with E-state index in [9.17, 15) is 13.2 Å². The van der Waals surface area contributed by atoms with Gasteiger partial charge in [0, 0.05) is 43.8 Å². The first kappa shape index (κ1) is 24.3. The van der Waals surface area contributed by atoms with E-state index in [1.165, 1.54) is 31.9 Å². The second-order valence-electron chi connectivity index (χ2n) is 7.53. The van der Waals surface area contributed by atoms with Crippen LogP contribution in [0.4, 0.5) is 0 Å². The van der Waals surface area contributed by atoms with Gasteiger partial charge in [0.1, 0.15) is 10.6 Å². The fourth-order valence-electron chi connectivity index (χ4n) is 3.59. The maximum atomic E-state index is 12.7. The van der Waals surface area contributed by atoms with E-state index in [0.717, 1.165) is 31.1 Å². The third-order valence-electron chi connectivity index (χ3n) is 5.38. The van der Waals surface area contributed by atoms with Gasteiger partial charge >= 0.3 is 0 Å². The van der Waals surface area contributed by atoms with Crippen molar-refractivity contribution in [2.45, 2.75) is 17.9 Å². The first-order valence-electron chi connectivity index (χ1n) is 10.4. The van der Waals surface area contributed by atoms with Gasteiger partial charge in [-0.25, -0.2) is 13.1 Å². The fraction of sp³-hybridized carbons (Fsp3) is 0.348. The lowest BCUT2D eigenvalue weighted by atomic mass is 10.2. The van der Waals surface area contributed by atoms with Crippen molar-refractivity contribution < 1.29 is 17.9 Å². The third kappa shape index (κ3) is 6.32. The number of hydrogen-bond donors (Lipinski definition) is 1. The molecule has 0 unspecified atom stereocenters. The molecule has 0 aliphatic carbocycles. The normalized spacial score (nSPS) is 15.7. The molecule has 0 saturated carbocycles. The topological polar surface area (TPSA) is 79.0 Å². The number of rotatable bonds is 7. The van der Waals surface area contributed by atoms with E-state index in [1.807, 2.05) is 29.2 Å². The Morgan fingerprint density at radius 3 is 2.56 bits per heavy atom. The molecule has 2 aromatic carbocycles. The van der Waals surface area contributed by atoms with Crippen LogP contribution in [0.15, 0.2) is 53.4 Å². The second kappa shape index (κ2) is 11.0. The highest BCUT2D eigenvalue weighted by Crippen LogP contribution is 2.25. The first-order valence-corrected chi connectivity index (χ1v) is 12.2. The summed E-state index contributed by atoms with van der Waals surface area (Å²) < 4.78 is 31.9. The molecule has 1 aliphatic heterocycles. The molecule has 1 heterocycles. The van der Waals surface area contributed by atoms with E-state index >= 15 is 0 Å². The van der Waals surface area contributed by atoms with Crippen LogP contribution in [-0.2, 0) is 21.4 Å². The van der Waals surface area contributed by atoms with Gasteiger partial charge in [0.2, 0.25) is 15.9 Å². The molecular formula is C23H28ClN3O4S. The van der Waals surface area contributed by atoms with Gasteiger partial charge in [-0.05, 0) is 54.9 Å². The Morgan fingerprint density at radius 1 is 1.12 bits per heavy atom. The molecular weight excluding hydrogens is 450 g/mol. The van der Waals surface area contributed by atoms with Crippen molar-refractivity contribution in [2.75, 3.05) is 40.3 Å². The zero-order valence-corrected chi connectivity index (χ0v) is 19.8. The van der Waals surface area contributed by atoms with Gasteiger partial charge in [0.05, 0.1) is 7.11 Å². The number of methoxy groups -OCH3 is 1. The monoisotopic (exact) mass is 477 g/mol. The summed E-state index contributed by atoms with van der Waals surface area (Å²) in [6.45, 7) is 3.85. The molecule has 1 N–H and O–H groups in total. The number of halogens is 1. The van der Waals surface area contributed by atoms with E-state index in [4.69, 9.17) is 16.3 Å². The van der Waals surface area contributed by atoms with E-state index < -0.39 is 10.0 Å². The van der Waals surface area contributed by atoms with Crippen molar-refractivity contribution in [3.8, 4) is 5.75 Å². The summed E-state index contributed by atoms with van der Waals surface area (Å²) in [5.74, 6) is 0.156. The van der Waals surface area contributed by atoms with Crippen molar-refractivity contribution in [2.24, 2.45) is 0 Å². The Kier molecular flexibility index (Phi) is 8.31. The molecule has 1 saturated heterocycles. The summed E-state index contributed by atoms with van der Waals surface area (Å²) in [5.41, 5.74) is 1.80. The van der Waals surface area contributed by atoms with Crippen LogP contribution in [0.5, 0.6) is 5.75 Å². The van der Waals surface area contributed by atoms with Gasteiger partial charge in [0.15, 0.2) is 0 Å². The largest absolute Gasteiger partial charge is 0.495 e. The van der Waals surface area contributed by atoms with E-state index in [0.29, 0.717) is 18.7 Å². The number of benzene rings is 2. The van der Waals surface area contributed by atoms with Crippen LogP contribution in [-0.4, -0.2) is 64.5 Å². The lowest BCUT2D eigenvalue weighted by Gasteiger charge is -2.21. The van der Waals surface area contributed by atoms with Crippen molar-refractivity contribution in [3.63, 3.8) is 0 Å². The summed E-state index contributed by atoms with van der Waals surface area (Å²) in [6.07, 6.45) is 4.01. The highest BCUT2D eigenvalue weighted by atomic mass is 35.5. The molecule has 32 heavy (non-hydrogen) atoms. The Bertz CT molecular complexity index is 1070. The first-order chi connectivity index (χ1) is 15.3. The zero-order chi connectivity index (χ0) is 23.1. The van der Waals surface area contributed by atoms with Gasteiger partial charge in [-0.2, -0.15) is 0 Å². The van der Waals surface area contributed by atoms with Crippen LogP contribution in [0.2, 0.25) is 5.02 Å². The summed E-state index contributed by atoms with van der Waals surface area (Å²) >= 11 is 5.96. The Balaban J connectivity index is 1.63. The smallest absolute Gasteiger partial charge is 0.246 e. The highest BCUT2D eigenvalue weighted by Gasteiger charge is 2.19. The Labute approximate surface area is 194 Å². The minimum atomic E-state index is -3.68. The average molecular weight is 478 g/mol. The molecule has 0 spiro atoms. The standard InChI is InChI=1S/C23H28ClN3O4S/c1-25-32(29,30)22-16-18(6-10-21(22)31-2)7-11-23(28)27-13-3-12-26(14-15-27)17-19-4-8-20(24)9-5-19/h4-11,16,25H,3,12-15,17H2,1-2H3/b11-7+. The lowest BCUT2D eigenvalue weighted by molar-refractivity contribution is -0.125. The molecule has 7 nitrogen and oxygen atoms in total. The van der Waals surface area contributed by atoms with Crippen molar-refractivity contribution in [3.05, 3.63) is 64.7 Å².